The van der Waals surface area contributed by atoms with Gasteiger partial charge in [-0.25, -0.2) is 4.79 Å². The van der Waals surface area contributed by atoms with Gasteiger partial charge in [-0.3, -0.25) is 0 Å². The van der Waals surface area contributed by atoms with Crippen molar-refractivity contribution < 1.29 is 9.53 Å². The number of rotatable bonds is 5. The van der Waals surface area contributed by atoms with Gasteiger partial charge in [0.1, 0.15) is 11.7 Å². The van der Waals surface area contributed by atoms with E-state index in [0.717, 1.165) is 12.1 Å². The second-order valence-corrected chi connectivity index (χ2v) is 3.13. The van der Waals surface area contributed by atoms with Gasteiger partial charge in [0, 0.05) is 11.1 Å². The van der Waals surface area contributed by atoms with Crippen molar-refractivity contribution in [1.82, 2.24) is 5.32 Å². The highest BCUT2D eigenvalue weighted by molar-refractivity contribution is 5.89. The van der Waals surface area contributed by atoms with E-state index >= 15 is 0 Å². The number of hydrogen-bond acceptors (Lipinski definition) is 3. The van der Waals surface area contributed by atoms with Crippen molar-refractivity contribution in [3.05, 3.63) is 29.8 Å². The second-order valence-electron chi connectivity index (χ2n) is 3.13. The number of methoxy groups -OCH3 is 1. The van der Waals surface area contributed by atoms with Gasteiger partial charge in [-0.2, -0.15) is 0 Å². The van der Waals surface area contributed by atoms with Crippen molar-refractivity contribution in [2.24, 2.45) is 0 Å². The van der Waals surface area contributed by atoms with Crippen LogP contribution in [0, 0.1) is 0 Å². The largest absolute Gasteiger partial charge is 0.496 e. The number of hydrogen-bond donors (Lipinski definition) is 1. The van der Waals surface area contributed by atoms with Crippen molar-refractivity contribution >= 4 is 11.5 Å². The lowest BCUT2D eigenvalue weighted by molar-refractivity contribution is 0.413. The van der Waals surface area contributed by atoms with Crippen molar-refractivity contribution in [2.45, 2.75) is 6.42 Å². The average Bonchev–Trinajstić information content (AvgIpc) is 2.30. The first kappa shape index (κ1) is 11.5. The zero-order valence-electron chi connectivity index (χ0n) is 9.04. The molecule has 1 aromatic rings. The van der Waals surface area contributed by atoms with Gasteiger partial charge in [0.05, 0.1) is 7.11 Å². The van der Waals surface area contributed by atoms with E-state index in [1.165, 1.54) is 0 Å². The molecular weight excluding hydrogens is 190 g/mol. The topological polar surface area (TPSA) is 38.3 Å². The first-order valence-corrected chi connectivity index (χ1v) is 4.85. The molecule has 0 bridgehead atoms. The second kappa shape index (κ2) is 6.02. The van der Waals surface area contributed by atoms with Crippen LogP contribution in [0.4, 0.5) is 0 Å². The standard InChI is InChI=1S/C12H15NO2/c1-13-8-7-10(9-14)11-5-3-4-6-12(11)15-2/h3-6,13H,7-8H2,1-2H3. The van der Waals surface area contributed by atoms with E-state index in [9.17, 15) is 4.79 Å². The lowest BCUT2D eigenvalue weighted by atomic mass is 10.0. The molecule has 1 N–H and O–H groups in total. The number of nitrogens with one attached hydrogen (secondary N) is 1. The number of para-hydroxylation sites is 1. The molecule has 0 fully saturated rings. The molecule has 0 aliphatic heterocycles. The number of carbonyl (C=O) groups excluding carboxylic acids is 1. The molecule has 0 aromatic heterocycles. The zero-order valence-corrected chi connectivity index (χ0v) is 9.04. The highest BCUT2D eigenvalue weighted by Gasteiger charge is 2.07. The summed E-state index contributed by atoms with van der Waals surface area (Å²) in [5.74, 6) is 2.69. The van der Waals surface area contributed by atoms with E-state index < -0.39 is 0 Å². The molecule has 0 aliphatic rings. The fourth-order valence-corrected chi connectivity index (χ4v) is 1.38. The fraction of sp³-hybridized carbons (Fsp3) is 0.333. The molecule has 0 unspecified atom stereocenters. The van der Waals surface area contributed by atoms with Crippen LogP contribution < -0.4 is 10.1 Å². The van der Waals surface area contributed by atoms with Crippen LogP contribution >= 0.6 is 0 Å². The number of benzene rings is 1. The molecule has 0 heterocycles. The fourth-order valence-electron chi connectivity index (χ4n) is 1.38. The Hall–Kier alpha value is -1.57. The minimum Gasteiger partial charge on any atom is -0.496 e. The molecule has 1 aromatic carbocycles. The summed E-state index contributed by atoms with van der Waals surface area (Å²) in [6.45, 7) is 0.753. The molecule has 3 heteroatoms. The predicted molar refractivity (Wildman–Crippen MR) is 60.6 cm³/mol. The molecule has 80 valence electrons. The maximum Gasteiger partial charge on any atom is 0.128 e. The summed E-state index contributed by atoms with van der Waals surface area (Å²) in [4.78, 5) is 10.8. The molecule has 3 nitrogen and oxygen atoms in total. The summed E-state index contributed by atoms with van der Waals surface area (Å²) in [7, 11) is 3.45. The first-order chi connectivity index (χ1) is 7.33. The van der Waals surface area contributed by atoms with E-state index in [2.05, 4.69) is 5.32 Å². The maximum absolute atomic E-state index is 10.8. The zero-order chi connectivity index (χ0) is 11.1. The molecule has 0 saturated carbocycles. The Morgan fingerprint density at radius 3 is 2.80 bits per heavy atom. The van der Waals surface area contributed by atoms with Gasteiger partial charge in [0.2, 0.25) is 0 Å². The van der Waals surface area contributed by atoms with Gasteiger partial charge >= 0.3 is 0 Å². The Morgan fingerprint density at radius 1 is 1.47 bits per heavy atom. The van der Waals surface area contributed by atoms with Gasteiger partial charge < -0.3 is 10.1 Å². The molecule has 15 heavy (non-hydrogen) atoms. The first-order valence-electron chi connectivity index (χ1n) is 4.85. The predicted octanol–water partition coefficient (Wildman–Crippen LogP) is 1.52. The molecule has 0 aliphatic carbocycles. The molecule has 1 rings (SSSR count). The van der Waals surface area contributed by atoms with Crippen molar-refractivity contribution in [1.29, 1.82) is 0 Å². The SMILES string of the molecule is CNCCC(=C=O)c1ccccc1OC. The monoisotopic (exact) mass is 205 g/mol. The van der Waals surface area contributed by atoms with Gasteiger partial charge in [-0.05, 0) is 26.1 Å². The van der Waals surface area contributed by atoms with Crippen LogP contribution in [-0.4, -0.2) is 26.6 Å². The van der Waals surface area contributed by atoms with Gasteiger partial charge in [0.25, 0.3) is 0 Å². The lowest BCUT2D eigenvalue weighted by Gasteiger charge is -2.08. The molecule has 0 amide bonds. The number of ether oxygens (including phenoxy) is 1. The summed E-state index contributed by atoms with van der Waals surface area (Å²) in [6, 6.07) is 7.47. The third kappa shape index (κ3) is 2.94. The van der Waals surface area contributed by atoms with Crippen molar-refractivity contribution in [3.63, 3.8) is 0 Å². The normalized spacial score (nSPS) is 9.47. The van der Waals surface area contributed by atoms with Gasteiger partial charge in [-0.15, -0.1) is 0 Å². The van der Waals surface area contributed by atoms with Crippen molar-refractivity contribution in [2.75, 3.05) is 20.7 Å². The maximum atomic E-state index is 10.8. The molecule has 0 saturated heterocycles. The van der Waals surface area contributed by atoms with Gasteiger partial charge in [0.15, 0.2) is 0 Å². The Balaban J connectivity index is 2.97. The Bertz CT molecular complexity index is 368. The molecule has 0 spiro atoms. The van der Waals surface area contributed by atoms with Gasteiger partial charge in [-0.1, -0.05) is 18.2 Å². The summed E-state index contributed by atoms with van der Waals surface area (Å²) >= 11 is 0. The summed E-state index contributed by atoms with van der Waals surface area (Å²) in [5, 5.41) is 3.00. The third-order valence-electron chi connectivity index (χ3n) is 2.18. The average molecular weight is 205 g/mol. The highest BCUT2D eigenvalue weighted by Crippen LogP contribution is 2.25. The lowest BCUT2D eigenvalue weighted by Crippen LogP contribution is -2.08. The van der Waals surface area contributed by atoms with E-state index in [0.29, 0.717) is 17.7 Å². The molecule has 0 radical (unpaired) electrons. The molecular formula is C12H15NO2. The van der Waals surface area contributed by atoms with E-state index in [4.69, 9.17) is 4.74 Å². The highest BCUT2D eigenvalue weighted by atomic mass is 16.5. The van der Waals surface area contributed by atoms with E-state index in [-0.39, 0.29) is 0 Å². The minimum absolute atomic E-state index is 0.641. The minimum atomic E-state index is 0.641. The Labute approximate surface area is 89.8 Å². The van der Waals surface area contributed by atoms with E-state index in [1.54, 1.807) is 7.11 Å². The summed E-state index contributed by atoms with van der Waals surface area (Å²) in [6.07, 6.45) is 0.653. The van der Waals surface area contributed by atoms with Crippen LogP contribution in [0.3, 0.4) is 0 Å². The Kier molecular flexibility index (Phi) is 4.61. The summed E-state index contributed by atoms with van der Waals surface area (Å²) < 4.78 is 5.19. The van der Waals surface area contributed by atoms with E-state index in [1.807, 2.05) is 37.3 Å². The smallest absolute Gasteiger partial charge is 0.128 e. The van der Waals surface area contributed by atoms with Crippen LogP contribution in [-0.2, 0) is 4.79 Å². The van der Waals surface area contributed by atoms with Crippen LogP contribution in [0.2, 0.25) is 0 Å². The quantitative estimate of drug-likeness (QED) is 0.741. The van der Waals surface area contributed by atoms with Crippen LogP contribution in [0.25, 0.3) is 5.57 Å². The molecule has 0 atom stereocenters. The summed E-state index contributed by atoms with van der Waals surface area (Å²) in [5.41, 5.74) is 1.46. The van der Waals surface area contributed by atoms with Crippen LogP contribution in [0.1, 0.15) is 12.0 Å². The van der Waals surface area contributed by atoms with Crippen LogP contribution in [0.5, 0.6) is 5.75 Å². The van der Waals surface area contributed by atoms with Crippen molar-refractivity contribution in [3.8, 4) is 5.75 Å². The third-order valence-corrected chi connectivity index (χ3v) is 2.18. The Morgan fingerprint density at radius 2 is 2.20 bits per heavy atom. The van der Waals surface area contributed by atoms with Crippen LogP contribution in [0.15, 0.2) is 24.3 Å².